The molecule has 1 amide bonds. The number of amides is 1. The van der Waals surface area contributed by atoms with Gasteiger partial charge in [-0.25, -0.2) is 0 Å². The van der Waals surface area contributed by atoms with Gasteiger partial charge in [-0.15, -0.1) is 0 Å². The van der Waals surface area contributed by atoms with E-state index < -0.39 is 5.60 Å². The molecule has 1 saturated heterocycles. The van der Waals surface area contributed by atoms with Crippen molar-refractivity contribution >= 4 is 5.91 Å². The minimum atomic E-state index is -0.573. The van der Waals surface area contributed by atoms with Gasteiger partial charge in [0.25, 0.3) is 0 Å². The zero-order valence-corrected chi connectivity index (χ0v) is 12.1. The summed E-state index contributed by atoms with van der Waals surface area (Å²) in [7, 11) is 0. The maximum absolute atomic E-state index is 12.0. The lowest BCUT2D eigenvalue weighted by Crippen LogP contribution is -2.33. The number of unbranched alkanes of at least 4 members (excludes halogenated alkanes) is 4. The van der Waals surface area contributed by atoms with Crippen LogP contribution in [-0.4, -0.2) is 34.6 Å². The molecule has 18 heavy (non-hydrogen) atoms. The summed E-state index contributed by atoms with van der Waals surface area (Å²) in [5, 5.41) is 9.99. The summed E-state index contributed by atoms with van der Waals surface area (Å²) in [5.41, 5.74) is -0.573. The molecular weight excluding hydrogens is 226 g/mol. The van der Waals surface area contributed by atoms with Crippen molar-refractivity contribution in [2.45, 2.75) is 77.2 Å². The number of likely N-dealkylation sites (tertiary alicyclic amines) is 1. The van der Waals surface area contributed by atoms with E-state index in [-0.39, 0.29) is 5.91 Å². The molecule has 3 nitrogen and oxygen atoms in total. The Labute approximate surface area is 112 Å². The maximum atomic E-state index is 12.0. The van der Waals surface area contributed by atoms with Crippen LogP contribution in [-0.2, 0) is 4.79 Å². The van der Waals surface area contributed by atoms with Crippen LogP contribution in [0.5, 0.6) is 0 Å². The second-order valence-electron chi connectivity index (χ2n) is 5.90. The fourth-order valence-electron chi connectivity index (χ4n) is 2.55. The van der Waals surface area contributed by atoms with E-state index in [4.69, 9.17) is 0 Å². The van der Waals surface area contributed by atoms with Crippen molar-refractivity contribution in [1.29, 1.82) is 0 Å². The predicted octanol–water partition coefficient (Wildman–Crippen LogP) is 3.11. The first-order valence-corrected chi connectivity index (χ1v) is 7.55. The summed E-state index contributed by atoms with van der Waals surface area (Å²) >= 11 is 0. The third kappa shape index (κ3) is 5.85. The number of hydrogen-bond donors (Lipinski definition) is 1. The van der Waals surface area contributed by atoms with Crippen molar-refractivity contribution in [3.05, 3.63) is 0 Å². The molecule has 106 valence electrons. The van der Waals surface area contributed by atoms with Gasteiger partial charge in [-0.1, -0.05) is 32.6 Å². The Bertz CT molecular complexity index is 251. The highest BCUT2D eigenvalue weighted by atomic mass is 16.3. The smallest absolute Gasteiger partial charge is 0.222 e. The zero-order valence-electron chi connectivity index (χ0n) is 12.1. The number of carbonyl (C=O) groups is 1. The predicted molar refractivity (Wildman–Crippen MR) is 74.4 cm³/mol. The first-order valence-electron chi connectivity index (χ1n) is 7.55. The maximum Gasteiger partial charge on any atom is 0.222 e. The van der Waals surface area contributed by atoms with Crippen molar-refractivity contribution in [3.8, 4) is 0 Å². The molecule has 0 aliphatic carbocycles. The average Bonchev–Trinajstić information content (AvgIpc) is 2.50. The highest BCUT2D eigenvalue weighted by molar-refractivity contribution is 5.76. The van der Waals surface area contributed by atoms with E-state index in [0.29, 0.717) is 12.8 Å². The average molecular weight is 255 g/mol. The molecular formula is C15H29NO2. The van der Waals surface area contributed by atoms with Gasteiger partial charge in [0.05, 0.1) is 5.60 Å². The van der Waals surface area contributed by atoms with Gasteiger partial charge in [-0.2, -0.15) is 0 Å². The van der Waals surface area contributed by atoms with Crippen LogP contribution in [0.15, 0.2) is 0 Å². The zero-order chi connectivity index (χ0) is 13.4. The molecule has 1 fully saturated rings. The Balaban J connectivity index is 2.21. The number of nitrogens with zero attached hydrogens (tertiary/aromatic N) is 1. The topological polar surface area (TPSA) is 40.5 Å². The third-order valence-electron chi connectivity index (χ3n) is 3.91. The van der Waals surface area contributed by atoms with E-state index in [1.165, 1.54) is 25.7 Å². The SMILES string of the molecule is CCCCCCCC(=O)N1CCCC(C)(O)CC1. The lowest BCUT2D eigenvalue weighted by atomic mass is 9.98. The molecule has 1 rings (SSSR count). The fourth-order valence-corrected chi connectivity index (χ4v) is 2.55. The lowest BCUT2D eigenvalue weighted by molar-refractivity contribution is -0.131. The summed E-state index contributed by atoms with van der Waals surface area (Å²) in [6, 6.07) is 0. The van der Waals surface area contributed by atoms with Crippen LogP contribution in [0, 0.1) is 0 Å². The van der Waals surface area contributed by atoms with Gasteiger partial charge in [0.1, 0.15) is 0 Å². The second kappa shape index (κ2) is 7.78. The largest absolute Gasteiger partial charge is 0.390 e. The van der Waals surface area contributed by atoms with E-state index in [9.17, 15) is 9.90 Å². The number of aliphatic hydroxyl groups is 1. The van der Waals surface area contributed by atoms with Gasteiger partial charge in [-0.3, -0.25) is 4.79 Å². The van der Waals surface area contributed by atoms with Crippen molar-refractivity contribution in [2.75, 3.05) is 13.1 Å². The summed E-state index contributed by atoms with van der Waals surface area (Å²) in [5.74, 6) is 0.282. The van der Waals surface area contributed by atoms with Crippen LogP contribution in [0.1, 0.15) is 71.6 Å². The molecule has 1 unspecified atom stereocenters. The van der Waals surface area contributed by atoms with Gasteiger partial charge >= 0.3 is 0 Å². The Hall–Kier alpha value is -0.570. The third-order valence-corrected chi connectivity index (χ3v) is 3.91. The normalized spacial score (nSPS) is 24.9. The molecule has 1 atom stereocenters. The van der Waals surface area contributed by atoms with Crippen LogP contribution in [0.2, 0.25) is 0 Å². The Kier molecular flexibility index (Phi) is 6.69. The highest BCUT2D eigenvalue weighted by Gasteiger charge is 2.26. The molecule has 0 aromatic carbocycles. The molecule has 3 heteroatoms. The summed E-state index contributed by atoms with van der Waals surface area (Å²) in [6.45, 7) is 5.63. The van der Waals surface area contributed by atoms with E-state index in [1.54, 1.807) is 0 Å². The molecule has 0 spiro atoms. The summed E-state index contributed by atoms with van der Waals surface area (Å²) in [4.78, 5) is 14.0. The Morgan fingerprint density at radius 2 is 1.89 bits per heavy atom. The monoisotopic (exact) mass is 255 g/mol. The van der Waals surface area contributed by atoms with Crippen molar-refractivity contribution < 1.29 is 9.90 Å². The summed E-state index contributed by atoms with van der Waals surface area (Å²) < 4.78 is 0. The number of rotatable bonds is 6. The van der Waals surface area contributed by atoms with Crippen LogP contribution >= 0.6 is 0 Å². The minimum absolute atomic E-state index is 0.282. The molecule has 0 bridgehead atoms. The first-order chi connectivity index (χ1) is 8.55. The van der Waals surface area contributed by atoms with E-state index >= 15 is 0 Å². The highest BCUT2D eigenvalue weighted by Crippen LogP contribution is 2.22. The van der Waals surface area contributed by atoms with E-state index in [1.807, 2.05) is 11.8 Å². The van der Waals surface area contributed by atoms with Gasteiger partial charge in [0, 0.05) is 19.5 Å². The number of carbonyl (C=O) groups excluding carboxylic acids is 1. The van der Waals surface area contributed by atoms with Crippen molar-refractivity contribution in [2.24, 2.45) is 0 Å². The van der Waals surface area contributed by atoms with Gasteiger partial charge in [0.15, 0.2) is 0 Å². The quantitative estimate of drug-likeness (QED) is 0.741. The Morgan fingerprint density at radius 3 is 2.61 bits per heavy atom. The molecule has 0 radical (unpaired) electrons. The van der Waals surface area contributed by atoms with Crippen LogP contribution in [0.4, 0.5) is 0 Å². The van der Waals surface area contributed by atoms with Crippen molar-refractivity contribution in [1.82, 2.24) is 4.90 Å². The van der Waals surface area contributed by atoms with E-state index in [0.717, 1.165) is 32.4 Å². The fraction of sp³-hybridized carbons (Fsp3) is 0.933. The van der Waals surface area contributed by atoms with Gasteiger partial charge < -0.3 is 10.0 Å². The first kappa shape index (κ1) is 15.5. The van der Waals surface area contributed by atoms with Crippen molar-refractivity contribution in [3.63, 3.8) is 0 Å². The molecule has 1 heterocycles. The standard InChI is InChI=1S/C15H29NO2/c1-3-4-5-6-7-9-14(17)16-12-8-10-15(2,18)11-13-16/h18H,3-13H2,1-2H3. The van der Waals surface area contributed by atoms with Crippen LogP contribution < -0.4 is 0 Å². The Morgan fingerprint density at radius 1 is 1.17 bits per heavy atom. The minimum Gasteiger partial charge on any atom is -0.390 e. The molecule has 0 aromatic rings. The molecule has 1 aliphatic rings. The molecule has 0 aromatic heterocycles. The molecule has 1 N–H and O–H groups in total. The van der Waals surface area contributed by atoms with Crippen LogP contribution in [0.25, 0.3) is 0 Å². The summed E-state index contributed by atoms with van der Waals surface area (Å²) in [6.07, 6.45) is 9.10. The van der Waals surface area contributed by atoms with E-state index in [2.05, 4.69) is 6.92 Å². The molecule has 0 saturated carbocycles. The molecule has 1 aliphatic heterocycles. The lowest BCUT2D eigenvalue weighted by Gasteiger charge is -2.22. The van der Waals surface area contributed by atoms with Gasteiger partial charge in [-0.05, 0) is 32.6 Å². The second-order valence-corrected chi connectivity index (χ2v) is 5.90. The van der Waals surface area contributed by atoms with Crippen LogP contribution in [0.3, 0.4) is 0 Å². The number of hydrogen-bond acceptors (Lipinski definition) is 2. The van der Waals surface area contributed by atoms with Gasteiger partial charge in [0.2, 0.25) is 5.91 Å².